The van der Waals surface area contributed by atoms with Crippen molar-refractivity contribution in [1.82, 2.24) is 14.4 Å². The van der Waals surface area contributed by atoms with Crippen molar-refractivity contribution >= 4 is 0 Å². The van der Waals surface area contributed by atoms with Gasteiger partial charge in [-0.15, -0.1) is 0 Å². The van der Waals surface area contributed by atoms with E-state index in [2.05, 4.69) is 16.8 Å². The minimum Gasteiger partial charge on any atom is -0.311 e. The fraction of sp³-hybridized carbons (Fsp3) is 0.571. The Hall–Kier alpha value is -1.64. The molecule has 2 rings (SSSR count). The molecule has 5 nitrogen and oxygen atoms in total. The number of likely N-dealkylation sites (N-methyl/N-ethyl adjacent to an activating group) is 1. The minimum absolute atomic E-state index is 0.170. The third-order valence-corrected chi connectivity index (χ3v) is 3.75. The summed E-state index contributed by atoms with van der Waals surface area (Å²) in [5.74, 6) is 0. The number of hydrogen-bond donors (Lipinski definition) is 0. The first-order chi connectivity index (χ1) is 9.11. The normalized spacial score (nSPS) is 17.3. The first-order valence-electron chi connectivity index (χ1n) is 6.63. The molecule has 1 aliphatic heterocycles. The smallest absolute Gasteiger partial charge is 0.268 e. The van der Waals surface area contributed by atoms with E-state index >= 15 is 0 Å². The first-order valence-corrected chi connectivity index (χ1v) is 6.63. The van der Waals surface area contributed by atoms with Crippen LogP contribution < -0.4 is 5.56 Å². The van der Waals surface area contributed by atoms with Crippen LogP contribution in [-0.2, 0) is 6.54 Å². The third-order valence-electron chi connectivity index (χ3n) is 3.75. The molecule has 1 aliphatic rings. The largest absolute Gasteiger partial charge is 0.311 e. The van der Waals surface area contributed by atoms with E-state index in [1.807, 2.05) is 19.1 Å². The second-order valence-electron chi connectivity index (χ2n) is 5.10. The molecule has 0 spiro atoms. The molecular formula is C14H20N4O. The van der Waals surface area contributed by atoms with Crippen LogP contribution in [0.15, 0.2) is 16.9 Å². The minimum atomic E-state index is -0.170. The highest BCUT2D eigenvalue weighted by molar-refractivity contribution is 5.27. The molecular weight excluding hydrogens is 240 g/mol. The summed E-state index contributed by atoms with van der Waals surface area (Å²) in [6, 6.07) is 5.39. The van der Waals surface area contributed by atoms with Crippen molar-refractivity contribution < 1.29 is 0 Å². The number of aromatic nitrogens is 1. The second kappa shape index (κ2) is 6.00. The fourth-order valence-electron chi connectivity index (χ4n) is 2.35. The van der Waals surface area contributed by atoms with Gasteiger partial charge >= 0.3 is 0 Å². The number of pyridine rings is 1. The van der Waals surface area contributed by atoms with E-state index in [4.69, 9.17) is 5.26 Å². The Morgan fingerprint density at radius 1 is 1.21 bits per heavy atom. The zero-order valence-corrected chi connectivity index (χ0v) is 11.6. The molecule has 0 bridgehead atoms. The second-order valence-corrected chi connectivity index (χ2v) is 5.10. The molecule has 2 heterocycles. The summed E-state index contributed by atoms with van der Waals surface area (Å²) in [6.45, 7) is 7.67. The van der Waals surface area contributed by atoms with Gasteiger partial charge in [-0.2, -0.15) is 5.26 Å². The van der Waals surface area contributed by atoms with E-state index in [9.17, 15) is 4.79 Å². The summed E-state index contributed by atoms with van der Waals surface area (Å²) in [6.07, 6.45) is 0. The molecule has 0 aliphatic carbocycles. The van der Waals surface area contributed by atoms with Crippen LogP contribution in [-0.4, -0.2) is 54.1 Å². The van der Waals surface area contributed by atoms with Gasteiger partial charge in [-0.3, -0.25) is 9.69 Å². The zero-order valence-electron chi connectivity index (χ0n) is 11.6. The molecule has 0 radical (unpaired) electrons. The summed E-state index contributed by atoms with van der Waals surface area (Å²) in [5.41, 5.74) is 0.971. The quantitative estimate of drug-likeness (QED) is 0.783. The van der Waals surface area contributed by atoms with E-state index in [0.29, 0.717) is 6.54 Å². The number of rotatable bonds is 3. The van der Waals surface area contributed by atoms with Gasteiger partial charge in [-0.05, 0) is 26.1 Å². The predicted octanol–water partition coefficient (Wildman–Crippen LogP) is 0.276. The van der Waals surface area contributed by atoms with Crippen LogP contribution in [0.3, 0.4) is 0 Å². The van der Waals surface area contributed by atoms with Gasteiger partial charge in [0, 0.05) is 45.0 Å². The lowest BCUT2D eigenvalue weighted by molar-refractivity contribution is 0.149. The number of piperazine rings is 1. The zero-order chi connectivity index (χ0) is 13.8. The maximum atomic E-state index is 12.1. The predicted molar refractivity (Wildman–Crippen MR) is 74.1 cm³/mol. The number of nitrogens with zero attached hydrogens (tertiary/aromatic N) is 4. The summed E-state index contributed by atoms with van der Waals surface area (Å²) in [4.78, 5) is 16.7. The topological polar surface area (TPSA) is 52.3 Å². The average molecular weight is 260 g/mol. The summed E-state index contributed by atoms with van der Waals surface area (Å²) >= 11 is 0. The highest BCUT2D eigenvalue weighted by atomic mass is 16.1. The lowest BCUT2D eigenvalue weighted by Gasteiger charge is -2.32. The van der Waals surface area contributed by atoms with Crippen molar-refractivity contribution in [3.8, 4) is 6.07 Å². The van der Waals surface area contributed by atoms with E-state index in [1.54, 1.807) is 10.6 Å². The lowest BCUT2D eigenvalue weighted by atomic mass is 10.2. The van der Waals surface area contributed by atoms with E-state index in [0.717, 1.165) is 38.4 Å². The molecule has 1 fully saturated rings. The Labute approximate surface area is 113 Å². The third kappa shape index (κ3) is 3.22. The maximum absolute atomic E-state index is 12.1. The van der Waals surface area contributed by atoms with Gasteiger partial charge in [0.25, 0.3) is 5.56 Å². The van der Waals surface area contributed by atoms with E-state index in [1.165, 1.54) is 0 Å². The molecule has 0 saturated carbocycles. The van der Waals surface area contributed by atoms with Crippen LogP contribution in [0, 0.1) is 18.3 Å². The molecule has 0 N–H and O–H groups in total. The Balaban J connectivity index is 2.04. The van der Waals surface area contributed by atoms with Crippen LogP contribution in [0.2, 0.25) is 0 Å². The fourth-order valence-corrected chi connectivity index (χ4v) is 2.35. The van der Waals surface area contributed by atoms with Gasteiger partial charge in [0.1, 0.15) is 11.6 Å². The highest BCUT2D eigenvalue weighted by Gasteiger charge is 2.14. The molecule has 102 valence electrons. The van der Waals surface area contributed by atoms with E-state index < -0.39 is 0 Å². The summed E-state index contributed by atoms with van der Waals surface area (Å²) in [7, 11) is 2.13. The Morgan fingerprint density at radius 3 is 2.53 bits per heavy atom. The van der Waals surface area contributed by atoms with Crippen LogP contribution >= 0.6 is 0 Å². The number of hydrogen-bond acceptors (Lipinski definition) is 4. The van der Waals surface area contributed by atoms with Gasteiger partial charge in [0.15, 0.2) is 0 Å². The average Bonchev–Trinajstić information content (AvgIpc) is 2.41. The van der Waals surface area contributed by atoms with Crippen molar-refractivity contribution in [1.29, 1.82) is 5.26 Å². The highest BCUT2D eigenvalue weighted by Crippen LogP contribution is 2.02. The SMILES string of the molecule is Cc1ccc(C#N)c(=O)n1CCN1CCN(C)CC1. The van der Waals surface area contributed by atoms with Crippen molar-refractivity contribution in [3.63, 3.8) is 0 Å². The van der Waals surface area contributed by atoms with Gasteiger partial charge in [-0.25, -0.2) is 0 Å². The first kappa shape index (κ1) is 13.8. The Kier molecular flexibility index (Phi) is 4.35. The van der Waals surface area contributed by atoms with Crippen molar-refractivity contribution in [2.45, 2.75) is 13.5 Å². The van der Waals surface area contributed by atoms with Crippen molar-refractivity contribution in [2.75, 3.05) is 39.8 Å². The summed E-state index contributed by atoms with van der Waals surface area (Å²) < 4.78 is 1.71. The van der Waals surface area contributed by atoms with Crippen LogP contribution in [0.25, 0.3) is 0 Å². The van der Waals surface area contributed by atoms with Crippen LogP contribution in [0.4, 0.5) is 0 Å². The summed E-state index contributed by atoms with van der Waals surface area (Å²) in [5, 5.41) is 8.90. The lowest BCUT2D eigenvalue weighted by Crippen LogP contribution is -2.46. The molecule has 19 heavy (non-hydrogen) atoms. The Morgan fingerprint density at radius 2 is 1.89 bits per heavy atom. The monoisotopic (exact) mass is 260 g/mol. The number of nitriles is 1. The number of aryl methyl sites for hydroxylation is 1. The molecule has 0 unspecified atom stereocenters. The van der Waals surface area contributed by atoms with Gasteiger partial charge < -0.3 is 9.47 Å². The van der Waals surface area contributed by atoms with E-state index in [-0.39, 0.29) is 11.1 Å². The molecule has 1 saturated heterocycles. The maximum Gasteiger partial charge on any atom is 0.268 e. The molecule has 1 aromatic heterocycles. The standard InChI is InChI=1S/C14H20N4O/c1-12-3-4-13(11-15)14(19)18(12)10-9-17-7-5-16(2)6-8-17/h3-4H,5-10H2,1-2H3. The molecule has 0 amide bonds. The van der Waals surface area contributed by atoms with Crippen molar-refractivity contribution in [2.24, 2.45) is 0 Å². The van der Waals surface area contributed by atoms with Gasteiger partial charge in [0.05, 0.1) is 0 Å². The van der Waals surface area contributed by atoms with Gasteiger partial charge in [-0.1, -0.05) is 0 Å². The molecule has 5 heteroatoms. The Bertz CT molecular complexity index is 535. The molecule has 0 aromatic carbocycles. The molecule has 0 atom stereocenters. The molecule has 1 aromatic rings. The van der Waals surface area contributed by atoms with Crippen LogP contribution in [0.5, 0.6) is 0 Å². The van der Waals surface area contributed by atoms with Crippen LogP contribution in [0.1, 0.15) is 11.3 Å². The van der Waals surface area contributed by atoms with Crippen molar-refractivity contribution in [3.05, 3.63) is 33.7 Å². The van der Waals surface area contributed by atoms with Gasteiger partial charge in [0.2, 0.25) is 0 Å².